The van der Waals surface area contributed by atoms with Gasteiger partial charge in [-0.25, -0.2) is 9.59 Å². The summed E-state index contributed by atoms with van der Waals surface area (Å²) in [4.78, 5) is 36.5. The zero-order valence-electron chi connectivity index (χ0n) is 18.9. The topological polar surface area (TPSA) is 110 Å². The number of hydrogen-bond donors (Lipinski definition) is 2. The summed E-state index contributed by atoms with van der Waals surface area (Å²) in [6.07, 6.45) is -0.0212. The Kier molecular flexibility index (Phi) is 5.80. The third-order valence-electron chi connectivity index (χ3n) is 6.07. The number of fused-ring (bicyclic) bond motifs is 2. The van der Waals surface area contributed by atoms with Crippen molar-refractivity contribution in [1.29, 1.82) is 0 Å². The van der Waals surface area contributed by atoms with Crippen molar-refractivity contribution < 1.29 is 23.5 Å². The van der Waals surface area contributed by atoms with Crippen LogP contribution < -0.4 is 10.9 Å². The standard InChI is InChI=1S/C26H25NO6/c1-5-20(25(29)30)27-21(28)12-18-13(2)17-11-19-22(16-9-7-6-8-10-16)15(4)32-24(19)14(3)23(17)33-26(18)31/h6-11,20H,5,12H2,1-4H3,(H,27,28)(H,29,30)/t20-/m0/s1. The molecular weight excluding hydrogens is 422 g/mol. The molecule has 0 unspecified atom stereocenters. The van der Waals surface area contributed by atoms with Gasteiger partial charge in [0, 0.05) is 21.9 Å². The molecule has 0 aliphatic carbocycles. The fourth-order valence-corrected chi connectivity index (χ4v) is 4.29. The van der Waals surface area contributed by atoms with Gasteiger partial charge in [0.2, 0.25) is 5.91 Å². The Labute approximate surface area is 190 Å². The highest BCUT2D eigenvalue weighted by Crippen LogP contribution is 2.39. The zero-order valence-corrected chi connectivity index (χ0v) is 18.9. The van der Waals surface area contributed by atoms with Crippen LogP contribution >= 0.6 is 0 Å². The molecule has 2 aromatic heterocycles. The van der Waals surface area contributed by atoms with Crippen molar-refractivity contribution in [1.82, 2.24) is 5.32 Å². The molecule has 0 spiro atoms. The molecule has 2 aromatic carbocycles. The Hall–Kier alpha value is -3.87. The maximum atomic E-state index is 12.8. The first-order valence-electron chi connectivity index (χ1n) is 10.8. The van der Waals surface area contributed by atoms with Crippen LogP contribution in [0.1, 0.15) is 35.8 Å². The molecule has 1 amide bonds. The zero-order chi connectivity index (χ0) is 23.9. The van der Waals surface area contributed by atoms with Crippen molar-refractivity contribution in [3.05, 3.63) is 69.3 Å². The van der Waals surface area contributed by atoms with E-state index in [1.807, 2.05) is 50.2 Å². The van der Waals surface area contributed by atoms with Crippen LogP contribution in [0.3, 0.4) is 0 Å². The minimum atomic E-state index is -1.12. The van der Waals surface area contributed by atoms with Crippen LogP contribution in [0.25, 0.3) is 33.1 Å². The summed E-state index contributed by atoms with van der Waals surface area (Å²) < 4.78 is 11.7. The molecule has 7 heteroatoms. The summed E-state index contributed by atoms with van der Waals surface area (Å²) >= 11 is 0. The van der Waals surface area contributed by atoms with Crippen molar-refractivity contribution in [3.8, 4) is 11.1 Å². The number of furan rings is 1. The highest BCUT2D eigenvalue weighted by atomic mass is 16.4. The fraction of sp³-hybridized carbons (Fsp3) is 0.269. The summed E-state index contributed by atoms with van der Waals surface area (Å²) in [6.45, 7) is 7.18. The Morgan fingerprint density at radius 1 is 1.00 bits per heavy atom. The molecule has 0 aliphatic heterocycles. The van der Waals surface area contributed by atoms with Crippen molar-refractivity contribution in [2.45, 2.75) is 46.6 Å². The number of hydrogen-bond acceptors (Lipinski definition) is 5. The van der Waals surface area contributed by atoms with Crippen molar-refractivity contribution in [3.63, 3.8) is 0 Å². The molecular formula is C26H25NO6. The Balaban J connectivity index is 1.87. The molecule has 7 nitrogen and oxygen atoms in total. The monoisotopic (exact) mass is 447 g/mol. The average molecular weight is 447 g/mol. The minimum Gasteiger partial charge on any atom is -0.480 e. The predicted octanol–water partition coefficient (Wildman–Crippen LogP) is 4.65. The van der Waals surface area contributed by atoms with E-state index in [1.54, 1.807) is 13.8 Å². The van der Waals surface area contributed by atoms with Gasteiger partial charge in [-0.3, -0.25) is 4.79 Å². The Morgan fingerprint density at radius 3 is 2.30 bits per heavy atom. The number of carbonyl (C=O) groups is 2. The molecule has 0 bridgehead atoms. The highest BCUT2D eigenvalue weighted by Gasteiger charge is 2.23. The summed E-state index contributed by atoms with van der Waals surface area (Å²) in [5.74, 6) is -0.899. The molecule has 33 heavy (non-hydrogen) atoms. The number of aryl methyl sites for hydroxylation is 3. The minimum absolute atomic E-state index is 0.209. The Bertz CT molecular complexity index is 1450. The van der Waals surface area contributed by atoms with E-state index in [0.717, 1.165) is 22.3 Å². The van der Waals surface area contributed by atoms with Gasteiger partial charge in [-0.1, -0.05) is 37.3 Å². The van der Waals surface area contributed by atoms with E-state index in [1.165, 1.54) is 0 Å². The third-order valence-corrected chi connectivity index (χ3v) is 6.07. The van der Waals surface area contributed by atoms with Gasteiger partial charge < -0.3 is 19.3 Å². The van der Waals surface area contributed by atoms with Crippen LogP contribution in [0.4, 0.5) is 0 Å². The molecule has 0 radical (unpaired) electrons. The van der Waals surface area contributed by atoms with E-state index in [9.17, 15) is 19.5 Å². The van der Waals surface area contributed by atoms with Crippen LogP contribution in [-0.4, -0.2) is 23.0 Å². The molecule has 2 heterocycles. The molecule has 2 N–H and O–H groups in total. The highest BCUT2D eigenvalue weighted by molar-refractivity contribution is 6.06. The molecule has 0 fully saturated rings. The van der Waals surface area contributed by atoms with E-state index < -0.39 is 23.5 Å². The number of nitrogens with one attached hydrogen (secondary N) is 1. The van der Waals surface area contributed by atoms with Crippen LogP contribution in [-0.2, 0) is 16.0 Å². The lowest BCUT2D eigenvalue weighted by molar-refractivity contribution is -0.141. The fourth-order valence-electron chi connectivity index (χ4n) is 4.29. The predicted molar refractivity (Wildman–Crippen MR) is 125 cm³/mol. The van der Waals surface area contributed by atoms with Crippen LogP contribution in [0, 0.1) is 20.8 Å². The van der Waals surface area contributed by atoms with Crippen LogP contribution in [0.5, 0.6) is 0 Å². The van der Waals surface area contributed by atoms with Gasteiger partial charge in [0.25, 0.3) is 0 Å². The Morgan fingerprint density at radius 2 is 1.67 bits per heavy atom. The van der Waals surface area contributed by atoms with Gasteiger partial charge in [-0.2, -0.15) is 0 Å². The van der Waals surface area contributed by atoms with E-state index in [0.29, 0.717) is 27.7 Å². The lowest BCUT2D eigenvalue weighted by Gasteiger charge is -2.13. The van der Waals surface area contributed by atoms with E-state index in [-0.39, 0.29) is 18.4 Å². The molecule has 170 valence electrons. The number of aliphatic carboxylic acids is 1. The maximum absolute atomic E-state index is 12.8. The first-order chi connectivity index (χ1) is 15.7. The average Bonchev–Trinajstić information content (AvgIpc) is 3.12. The summed E-state index contributed by atoms with van der Waals surface area (Å²) in [5, 5.41) is 13.3. The second kappa shape index (κ2) is 8.58. The van der Waals surface area contributed by atoms with Crippen LogP contribution in [0.15, 0.2) is 50.0 Å². The number of rotatable bonds is 6. The maximum Gasteiger partial charge on any atom is 0.340 e. The molecule has 0 aliphatic rings. The quantitative estimate of drug-likeness (QED) is 0.416. The largest absolute Gasteiger partial charge is 0.480 e. The SMILES string of the molecule is CC[C@H](NC(=O)Cc1c(C)c2cc3c(-c4ccccc4)c(C)oc3c(C)c2oc1=O)C(=O)O. The van der Waals surface area contributed by atoms with E-state index in [2.05, 4.69) is 5.32 Å². The first kappa shape index (κ1) is 22.3. The third kappa shape index (κ3) is 3.91. The van der Waals surface area contributed by atoms with E-state index >= 15 is 0 Å². The number of carboxylic acid groups (broad SMARTS) is 1. The van der Waals surface area contributed by atoms with Crippen molar-refractivity contribution in [2.75, 3.05) is 0 Å². The molecule has 0 saturated heterocycles. The number of carbonyl (C=O) groups excluding carboxylic acids is 1. The normalized spacial score (nSPS) is 12.2. The van der Waals surface area contributed by atoms with Gasteiger partial charge >= 0.3 is 11.6 Å². The van der Waals surface area contributed by atoms with Gasteiger partial charge in [0.1, 0.15) is 23.0 Å². The molecule has 0 saturated carbocycles. The van der Waals surface area contributed by atoms with Crippen molar-refractivity contribution >= 4 is 33.8 Å². The summed E-state index contributed by atoms with van der Waals surface area (Å²) in [6, 6.07) is 10.8. The molecule has 1 atom stereocenters. The summed E-state index contributed by atoms with van der Waals surface area (Å²) in [7, 11) is 0. The first-order valence-corrected chi connectivity index (χ1v) is 10.8. The van der Waals surface area contributed by atoms with Gasteiger partial charge in [-0.05, 0) is 44.4 Å². The smallest absolute Gasteiger partial charge is 0.340 e. The number of carboxylic acids is 1. The van der Waals surface area contributed by atoms with Gasteiger partial charge in [0.05, 0.1) is 12.0 Å². The van der Waals surface area contributed by atoms with E-state index in [4.69, 9.17) is 8.83 Å². The lowest BCUT2D eigenvalue weighted by Crippen LogP contribution is -2.41. The molecule has 4 rings (SSSR count). The lowest BCUT2D eigenvalue weighted by atomic mass is 9.96. The number of benzene rings is 2. The second-order valence-electron chi connectivity index (χ2n) is 8.19. The van der Waals surface area contributed by atoms with Gasteiger partial charge in [-0.15, -0.1) is 0 Å². The number of amides is 1. The van der Waals surface area contributed by atoms with Gasteiger partial charge in [0.15, 0.2) is 0 Å². The van der Waals surface area contributed by atoms with Crippen molar-refractivity contribution in [2.24, 2.45) is 0 Å². The summed E-state index contributed by atoms with van der Waals surface area (Å²) in [5.41, 5.74) is 3.98. The second-order valence-corrected chi connectivity index (χ2v) is 8.19. The van der Waals surface area contributed by atoms with Crippen LogP contribution in [0.2, 0.25) is 0 Å². The molecule has 4 aromatic rings.